The van der Waals surface area contributed by atoms with Gasteiger partial charge in [-0.1, -0.05) is 39.7 Å². The topological polar surface area (TPSA) is 12.5 Å². The predicted molar refractivity (Wildman–Crippen MR) is 52.9 cm³/mol. The summed E-state index contributed by atoms with van der Waals surface area (Å²) >= 11 is 9.21. The van der Waals surface area contributed by atoms with Crippen molar-refractivity contribution in [1.82, 2.24) is 0 Å². The first-order valence-corrected chi connectivity index (χ1v) is 5.28. The smallest absolute Gasteiger partial charge is 0.110 e. The second-order valence-corrected chi connectivity index (χ2v) is 3.89. The van der Waals surface area contributed by atoms with Crippen molar-refractivity contribution in [2.75, 3.05) is 5.33 Å². The van der Waals surface area contributed by atoms with Crippen LogP contribution in [-0.2, 0) is 4.74 Å². The van der Waals surface area contributed by atoms with Crippen LogP contribution in [0.2, 0.25) is 5.02 Å². The molecule has 1 aliphatic rings. The van der Waals surface area contributed by atoms with Gasteiger partial charge in [-0.2, -0.15) is 0 Å². The molecule has 3 heteroatoms. The first-order valence-electron chi connectivity index (χ1n) is 3.78. The first kappa shape index (κ1) is 8.54. The lowest BCUT2D eigenvalue weighted by Crippen LogP contribution is -1.88. The second kappa shape index (κ2) is 3.36. The van der Waals surface area contributed by atoms with Crippen molar-refractivity contribution in [2.24, 2.45) is 0 Å². The van der Waals surface area contributed by atoms with E-state index in [9.17, 15) is 0 Å². The molecule has 0 spiro atoms. The third-order valence-electron chi connectivity index (χ3n) is 1.91. The van der Waals surface area contributed by atoms with Gasteiger partial charge < -0.3 is 4.74 Å². The lowest BCUT2D eigenvalue weighted by atomic mass is 10.1. The number of hydrogen-bond acceptors (Lipinski definition) is 1. The molecule has 1 saturated heterocycles. The summed E-state index contributed by atoms with van der Waals surface area (Å²) in [4.78, 5) is 0. The normalized spacial score (nSPS) is 27.2. The molecule has 2 atom stereocenters. The summed E-state index contributed by atoms with van der Waals surface area (Å²) in [7, 11) is 0. The van der Waals surface area contributed by atoms with E-state index in [-0.39, 0.29) is 6.10 Å². The van der Waals surface area contributed by atoms with Gasteiger partial charge in [0.2, 0.25) is 0 Å². The maximum atomic E-state index is 5.84. The van der Waals surface area contributed by atoms with E-state index in [2.05, 4.69) is 15.9 Å². The van der Waals surface area contributed by atoms with Crippen molar-refractivity contribution in [1.29, 1.82) is 0 Å². The minimum Gasteiger partial charge on any atom is -0.364 e. The fraction of sp³-hybridized carbons (Fsp3) is 0.333. The van der Waals surface area contributed by atoms with Crippen LogP contribution in [0.4, 0.5) is 0 Å². The van der Waals surface area contributed by atoms with Crippen LogP contribution >= 0.6 is 27.5 Å². The number of epoxide rings is 1. The molecule has 0 amide bonds. The van der Waals surface area contributed by atoms with Gasteiger partial charge in [0.25, 0.3) is 0 Å². The Morgan fingerprint density at radius 2 is 2.33 bits per heavy atom. The Morgan fingerprint density at radius 3 is 2.92 bits per heavy atom. The molecule has 1 aliphatic heterocycles. The third-order valence-corrected chi connectivity index (χ3v) is 2.79. The average molecular weight is 248 g/mol. The van der Waals surface area contributed by atoms with Gasteiger partial charge in [0.1, 0.15) is 6.10 Å². The quantitative estimate of drug-likeness (QED) is 0.578. The molecular formula is C9H8BrClO. The van der Waals surface area contributed by atoms with E-state index in [1.54, 1.807) is 0 Å². The Kier molecular flexibility index (Phi) is 2.40. The summed E-state index contributed by atoms with van der Waals surface area (Å²) in [5.74, 6) is 0. The zero-order valence-corrected chi connectivity index (χ0v) is 8.68. The van der Waals surface area contributed by atoms with Crippen LogP contribution in [0.3, 0.4) is 0 Å². The van der Waals surface area contributed by atoms with Crippen LogP contribution in [0.5, 0.6) is 0 Å². The zero-order chi connectivity index (χ0) is 8.55. The summed E-state index contributed by atoms with van der Waals surface area (Å²) in [5.41, 5.74) is 1.17. The molecule has 0 bridgehead atoms. The zero-order valence-electron chi connectivity index (χ0n) is 6.34. The number of halogens is 2. The highest BCUT2D eigenvalue weighted by Crippen LogP contribution is 2.40. The number of ether oxygens (including phenoxy) is 1. The van der Waals surface area contributed by atoms with E-state index in [1.807, 2.05) is 24.3 Å². The van der Waals surface area contributed by atoms with E-state index >= 15 is 0 Å². The predicted octanol–water partition coefficient (Wildman–Crippen LogP) is 3.17. The van der Waals surface area contributed by atoms with Crippen molar-refractivity contribution in [3.63, 3.8) is 0 Å². The summed E-state index contributed by atoms with van der Waals surface area (Å²) in [5, 5.41) is 1.67. The van der Waals surface area contributed by atoms with E-state index in [1.165, 1.54) is 5.56 Å². The Morgan fingerprint density at radius 1 is 1.50 bits per heavy atom. The Hall–Kier alpha value is -0.0500. The maximum Gasteiger partial charge on any atom is 0.110 e. The monoisotopic (exact) mass is 246 g/mol. The van der Waals surface area contributed by atoms with Gasteiger partial charge in [0, 0.05) is 10.4 Å². The standard InChI is InChI=1S/C9H8BrClO/c10-5-8-9(12-8)6-2-1-3-7(11)4-6/h1-4,8-9H,5H2/t8-,9?/m0/s1. The van der Waals surface area contributed by atoms with Crippen LogP contribution in [0.15, 0.2) is 24.3 Å². The fourth-order valence-corrected chi connectivity index (χ4v) is 1.93. The van der Waals surface area contributed by atoms with Crippen LogP contribution in [0, 0.1) is 0 Å². The molecule has 1 nitrogen and oxygen atoms in total. The van der Waals surface area contributed by atoms with Crippen molar-refractivity contribution in [2.45, 2.75) is 12.2 Å². The largest absolute Gasteiger partial charge is 0.364 e. The van der Waals surface area contributed by atoms with E-state index < -0.39 is 0 Å². The minimum atomic E-state index is 0.253. The Balaban J connectivity index is 2.14. The van der Waals surface area contributed by atoms with E-state index in [0.29, 0.717) is 6.10 Å². The van der Waals surface area contributed by atoms with Gasteiger partial charge in [0.15, 0.2) is 0 Å². The fourth-order valence-electron chi connectivity index (χ4n) is 1.24. The first-order chi connectivity index (χ1) is 5.81. The summed E-state index contributed by atoms with van der Waals surface area (Å²) < 4.78 is 5.40. The maximum absolute atomic E-state index is 5.84. The lowest BCUT2D eigenvalue weighted by Gasteiger charge is -1.95. The molecule has 1 aromatic rings. The average Bonchev–Trinajstić information content (AvgIpc) is 2.83. The molecule has 1 fully saturated rings. The highest BCUT2D eigenvalue weighted by atomic mass is 79.9. The number of alkyl halides is 1. The van der Waals surface area contributed by atoms with E-state index in [4.69, 9.17) is 16.3 Å². The molecule has 1 heterocycles. The molecule has 1 unspecified atom stereocenters. The van der Waals surface area contributed by atoms with Gasteiger partial charge in [-0.15, -0.1) is 0 Å². The Bertz CT molecular complexity index is 290. The molecule has 12 heavy (non-hydrogen) atoms. The number of rotatable bonds is 2. The summed E-state index contributed by atoms with van der Waals surface area (Å²) in [6.07, 6.45) is 0.589. The third kappa shape index (κ3) is 1.65. The van der Waals surface area contributed by atoms with Gasteiger partial charge in [0.05, 0.1) is 6.10 Å². The molecule has 0 saturated carbocycles. The van der Waals surface area contributed by atoms with Crippen LogP contribution in [0.1, 0.15) is 11.7 Å². The van der Waals surface area contributed by atoms with Gasteiger partial charge in [-0.25, -0.2) is 0 Å². The Labute approximate surface area is 84.8 Å². The molecule has 0 aliphatic carbocycles. The van der Waals surface area contributed by atoms with E-state index in [0.717, 1.165) is 10.4 Å². The molecule has 1 aromatic carbocycles. The summed E-state index contributed by atoms with van der Waals surface area (Å²) in [6, 6.07) is 7.81. The van der Waals surface area contributed by atoms with Crippen molar-refractivity contribution in [3.05, 3.63) is 34.9 Å². The summed E-state index contributed by atoms with van der Waals surface area (Å²) in [6.45, 7) is 0. The number of hydrogen-bond donors (Lipinski definition) is 0. The molecular weight excluding hydrogens is 239 g/mol. The van der Waals surface area contributed by atoms with Gasteiger partial charge in [-0.3, -0.25) is 0 Å². The molecule has 0 aromatic heterocycles. The van der Waals surface area contributed by atoms with Gasteiger partial charge >= 0.3 is 0 Å². The SMILES string of the molecule is Clc1cccc(C2O[C@H]2CBr)c1. The molecule has 0 N–H and O–H groups in total. The highest BCUT2D eigenvalue weighted by molar-refractivity contribution is 9.09. The van der Waals surface area contributed by atoms with Crippen molar-refractivity contribution in [3.8, 4) is 0 Å². The second-order valence-electron chi connectivity index (χ2n) is 2.80. The molecule has 2 rings (SSSR count). The van der Waals surface area contributed by atoms with Crippen LogP contribution < -0.4 is 0 Å². The van der Waals surface area contributed by atoms with Gasteiger partial charge in [-0.05, 0) is 17.7 Å². The van der Waals surface area contributed by atoms with Crippen LogP contribution in [-0.4, -0.2) is 11.4 Å². The highest BCUT2D eigenvalue weighted by Gasteiger charge is 2.38. The van der Waals surface area contributed by atoms with Crippen molar-refractivity contribution < 1.29 is 4.74 Å². The molecule has 64 valence electrons. The van der Waals surface area contributed by atoms with Crippen molar-refractivity contribution >= 4 is 27.5 Å². The minimum absolute atomic E-state index is 0.253. The molecule has 0 radical (unpaired) electrons. The lowest BCUT2D eigenvalue weighted by molar-refractivity contribution is 0.385. The number of benzene rings is 1. The van der Waals surface area contributed by atoms with Crippen LogP contribution in [0.25, 0.3) is 0 Å².